The lowest BCUT2D eigenvalue weighted by molar-refractivity contribution is -0.152. The lowest BCUT2D eigenvalue weighted by Crippen LogP contribution is -2.69. The summed E-state index contributed by atoms with van der Waals surface area (Å²) in [6, 6.07) is 16.9. The highest BCUT2D eigenvalue weighted by Crippen LogP contribution is 2.19. The molecule has 2 aromatic rings. The summed E-state index contributed by atoms with van der Waals surface area (Å²) in [5.41, 5.74) is 2.28. The van der Waals surface area contributed by atoms with E-state index in [4.69, 9.17) is 11.6 Å². The van der Waals surface area contributed by atoms with Crippen molar-refractivity contribution in [1.29, 1.82) is 0 Å². The summed E-state index contributed by atoms with van der Waals surface area (Å²) in [6.07, 6.45) is 1.44. The van der Waals surface area contributed by atoms with Gasteiger partial charge in [0, 0.05) is 37.6 Å². The van der Waals surface area contributed by atoms with Crippen LogP contribution in [0.1, 0.15) is 11.1 Å². The molecule has 6 heteroatoms. The van der Waals surface area contributed by atoms with Gasteiger partial charge in [-0.2, -0.15) is 0 Å². The minimum atomic E-state index is -0.499. The summed E-state index contributed by atoms with van der Waals surface area (Å²) in [7, 11) is 0. The zero-order valence-corrected chi connectivity index (χ0v) is 16.4. The number of nitrogens with one attached hydrogen (secondary N) is 1. The molecular weight excluding hydrogens is 374 g/mol. The molecule has 0 radical (unpaired) electrons. The summed E-state index contributed by atoms with van der Waals surface area (Å²) in [5, 5.41) is 3.59. The van der Waals surface area contributed by atoms with Crippen molar-refractivity contribution in [2.24, 2.45) is 0 Å². The second-order valence-corrected chi connectivity index (χ2v) is 7.91. The average Bonchev–Trinajstić information content (AvgIpc) is 2.72. The molecule has 146 valence electrons. The van der Waals surface area contributed by atoms with Gasteiger partial charge in [0.25, 0.3) is 0 Å². The molecular formula is C22H24ClN3O2. The van der Waals surface area contributed by atoms with Crippen LogP contribution in [0, 0.1) is 0 Å². The molecule has 0 spiro atoms. The van der Waals surface area contributed by atoms with Crippen molar-refractivity contribution in [1.82, 2.24) is 15.1 Å². The van der Waals surface area contributed by atoms with Gasteiger partial charge in [-0.25, -0.2) is 0 Å². The van der Waals surface area contributed by atoms with Crippen LogP contribution in [0.5, 0.6) is 0 Å². The molecule has 2 aliphatic rings. The van der Waals surface area contributed by atoms with Crippen LogP contribution in [-0.4, -0.2) is 59.9 Å². The van der Waals surface area contributed by atoms with Gasteiger partial charge in [-0.3, -0.25) is 14.5 Å². The molecule has 2 fully saturated rings. The Hall–Kier alpha value is -2.37. The molecule has 2 atom stereocenters. The molecule has 0 saturated carbocycles. The highest BCUT2D eigenvalue weighted by atomic mass is 35.5. The molecule has 28 heavy (non-hydrogen) atoms. The van der Waals surface area contributed by atoms with Gasteiger partial charge in [-0.1, -0.05) is 54.1 Å². The molecule has 2 saturated heterocycles. The number of rotatable bonds is 5. The Bertz CT molecular complexity index is 841. The van der Waals surface area contributed by atoms with E-state index in [0.29, 0.717) is 24.5 Å². The molecule has 2 aliphatic heterocycles. The lowest BCUT2D eigenvalue weighted by Gasteiger charge is -2.45. The zero-order chi connectivity index (χ0) is 19.5. The predicted molar refractivity (Wildman–Crippen MR) is 109 cm³/mol. The number of benzene rings is 2. The average molecular weight is 398 g/mol. The van der Waals surface area contributed by atoms with Gasteiger partial charge in [0.1, 0.15) is 12.1 Å². The topological polar surface area (TPSA) is 52.7 Å². The largest absolute Gasteiger partial charge is 0.342 e. The van der Waals surface area contributed by atoms with E-state index in [-0.39, 0.29) is 11.8 Å². The molecule has 5 nitrogen and oxygen atoms in total. The van der Waals surface area contributed by atoms with Gasteiger partial charge in [-0.15, -0.1) is 0 Å². The molecule has 4 rings (SSSR count). The van der Waals surface area contributed by atoms with E-state index in [1.54, 1.807) is 17.0 Å². The first-order chi connectivity index (χ1) is 13.6. The predicted octanol–water partition coefficient (Wildman–Crippen LogP) is 2.14. The number of hydrogen-bond donors (Lipinski definition) is 1. The Morgan fingerprint density at radius 3 is 2.46 bits per heavy atom. The van der Waals surface area contributed by atoms with E-state index in [1.165, 1.54) is 5.56 Å². The molecule has 0 aromatic heterocycles. The standard InChI is InChI=1S/C22H24ClN3O2/c23-18-8-6-17(7-9-18)14-19-22(28)26-13-12-25(15-20(26)21(27)24-19)11-10-16-4-2-1-3-5-16/h1-9,19-20H,10-15H2,(H,24,27)/t19-,20+/m0/s1. The number of nitrogens with zero attached hydrogens (tertiary/aromatic N) is 2. The van der Waals surface area contributed by atoms with Gasteiger partial charge in [0.2, 0.25) is 11.8 Å². The first kappa shape index (κ1) is 19.0. The van der Waals surface area contributed by atoms with Gasteiger partial charge in [0.15, 0.2) is 0 Å². The molecule has 2 heterocycles. The Kier molecular flexibility index (Phi) is 5.64. The highest BCUT2D eigenvalue weighted by molar-refractivity contribution is 6.30. The number of fused-ring (bicyclic) bond motifs is 1. The van der Waals surface area contributed by atoms with Crippen molar-refractivity contribution in [3.8, 4) is 0 Å². The van der Waals surface area contributed by atoms with Crippen LogP contribution in [0.3, 0.4) is 0 Å². The third-order valence-electron chi connectivity index (χ3n) is 5.58. The monoisotopic (exact) mass is 397 g/mol. The second kappa shape index (κ2) is 8.33. The molecule has 0 bridgehead atoms. The summed E-state index contributed by atoms with van der Waals surface area (Å²) in [5.74, 6) is -0.0368. The Morgan fingerprint density at radius 1 is 0.964 bits per heavy atom. The summed E-state index contributed by atoms with van der Waals surface area (Å²) in [4.78, 5) is 29.7. The maximum Gasteiger partial charge on any atom is 0.246 e. The molecule has 2 aromatic carbocycles. The smallest absolute Gasteiger partial charge is 0.246 e. The first-order valence-corrected chi connectivity index (χ1v) is 10.1. The Balaban J connectivity index is 1.36. The molecule has 1 N–H and O–H groups in total. The SMILES string of the molecule is O=C1N[C@@H](Cc2ccc(Cl)cc2)C(=O)N2CCN(CCc3ccccc3)C[C@H]12. The minimum Gasteiger partial charge on any atom is -0.342 e. The maximum atomic E-state index is 12.9. The fraction of sp³-hybridized carbons (Fsp3) is 0.364. The summed E-state index contributed by atoms with van der Waals surface area (Å²) >= 11 is 5.93. The van der Waals surface area contributed by atoms with Crippen LogP contribution >= 0.6 is 11.6 Å². The molecule has 2 amide bonds. The van der Waals surface area contributed by atoms with Crippen molar-refractivity contribution in [3.05, 3.63) is 70.7 Å². The normalized spacial score (nSPS) is 22.7. The summed E-state index contributed by atoms with van der Waals surface area (Å²) < 4.78 is 0. The highest BCUT2D eigenvalue weighted by Gasteiger charge is 2.43. The number of carbonyl (C=O) groups is 2. The van der Waals surface area contributed by atoms with Crippen LogP contribution in [0.4, 0.5) is 0 Å². The van der Waals surface area contributed by atoms with Crippen molar-refractivity contribution in [3.63, 3.8) is 0 Å². The quantitative estimate of drug-likeness (QED) is 0.841. The Labute approximate surface area is 170 Å². The van der Waals surface area contributed by atoms with Gasteiger partial charge in [0.05, 0.1) is 0 Å². The molecule has 0 aliphatic carbocycles. The maximum absolute atomic E-state index is 12.9. The number of piperazine rings is 2. The van der Waals surface area contributed by atoms with E-state index in [0.717, 1.165) is 25.1 Å². The van der Waals surface area contributed by atoms with Gasteiger partial charge >= 0.3 is 0 Å². The van der Waals surface area contributed by atoms with Gasteiger partial charge < -0.3 is 10.2 Å². The zero-order valence-electron chi connectivity index (χ0n) is 15.7. The number of carbonyl (C=O) groups excluding carboxylic acids is 2. The van der Waals surface area contributed by atoms with Crippen molar-refractivity contribution < 1.29 is 9.59 Å². The first-order valence-electron chi connectivity index (χ1n) is 9.72. The van der Waals surface area contributed by atoms with Crippen LogP contribution in [0.2, 0.25) is 5.02 Å². The van der Waals surface area contributed by atoms with E-state index in [2.05, 4.69) is 22.3 Å². The van der Waals surface area contributed by atoms with Crippen LogP contribution in [0.15, 0.2) is 54.6 Å². The van der Waals surface area contributed by atoms with Gasteiger partial charge in [-0.05, 0) is 29.7 Å². The third-order valence-corrected chi connectivity index (χ3v) is 5.83. The second-order valence-electron chi connectivity index (χ2n) is 7.48. The van der Waals surface area contributed by atoms with Crippen molar-refractivity contribution >= 4 is 23.4 Å². The number of hydrogen-bond acceptors (Lipinski definition) is 3. The Morgan fingerprint density at radius 2 is 1.71 bits per heavy atom. The van der Waals surface area contributed by atoms with Crippen LogP contribution in [0.25, 0.3) is 0 Å². The van der Waals surface area contributed by atoms with E-state index >= 15 is 0 Å². The third kappa shape index (κ3) is 4.21. The summed E-state index contributed by atoms with van der Waals surface area (Å²) in [6.45, 7) is 2.89. The fourth-order valence-electron chi connectivity index (χ4n) is 3.99. The molecule has 0 unspecified atom stereocenters. The van der Waals surface area contributed by atoms with E-state index in [1.807, 2.05) is 30.3 Å². The number of amides is 2. The van der Waals surface area contributed by atoms with Crippen LogP contribution in [-0.2, 0) is 22.4 Å². The van der Waals surface area contributed by atoms with Crippen molar-refractivity contribution in [2.75, 3.05) is 26.2 Å². The van der Waals surface area contributed by atoms with E-state index < -0.39 is 12.1 Å². The fourth-order valence-corrected chi connectivity index (χ4v) is 4.11. The van der Waals surface area contributed by atoms with Crippen LogP contribution < -0.4 is 5.32 Å². The van der Waals surface area contributed by atoms with Crippen molar-refractivity contribution in [2.45, 2.75) is 24.9 Å². The number of halogens is 1. The minimum absolute atomic E-state index is 0.0160. The lowest BCUT2D eigenvalue weighted by atomic mass is 9.98. The van der Waals surface area contributed by atoms with E-state index in [9.17, 15) is 9.59 Å².